The van der Waals surface area contributed by atoms with Gasteiger partial charge in [0.2, 0.25) is 5.91 Å². The van der Waals surface area contributed by atoms with Crippen molar-refractivity contribution in [3.8, 4) is 5.75 Å². The number of rotatable bonds is 3. The maximum Gasteiger partial charge on any atom is 0.227 e. The Morgan fingerprint density at radius 3 is 2.61 bits per heavy atom. The Morgan fingerprint density at radius 1 is 1.06 bits per heavy atom. The second kappa shape index (κ2) is 7.37. The van der Waals surface area contributed by atoms with E-state index in [2.05, 4.69) is 60.9 Å². The second-order valence-electron chi connectivity index (χ2n) is 10.6. The summed E-state index contributed by atoms with van der Waals surface area (Å²) >= 11 is 0. The highest BCUT2D eigenvalue weighted by Gasteiger charge is 2.57. The Hall–Kier alpha value is -2.33. The molecule has 2 aliphatic heterocycles. The monoisotopic (exact) mass is 418 g/mol. The van der Waals surface area contributed by atoms with Crippen LogP contribution in [0.1, 0.15) is 50.3 Å². The van der Waals surface area contributed by atoms with Gasteiger partial charge in [0.25, 0.3) is 0 Å². The van der Waals surface area contributed by atoms with Gasteiger partial charge in [-0.25, -0.2) is 0 Å². The number of carbonyl (C=O) groups excluding carboxylic acids is 1. The van der Waals surface area contributed by atoms with E-state index in [0.717, 1.165) is 51.0 Å². The molecule has 0 saturated carbocycles. The van der Waals surface area contributed by atoms with Gasteiger partial charge in [-0.05, 0) is 54.0 Å². The van der Waals surface area contributed by atoms with Crippen molar-refractivity contribution in [3.05, 3.63) is 65.2 Å². The fraction of sp³-hybridized carbons (Fsp3) is 0.519. The zero-order valence-corrected chi connectivity index (χ0v) is 19.0. The molecule has 1 N–H and O–H groups in total. The van der Waals surface area contributed by atoms with Gasteiger partial charge in [0.05, 0.1) is 5.92 Å². The minimum absolute atomic E-state index is 0.0320. The molecular weight excluding hydrogens is 384 g/mol. The predicted octanol–water partition coefficient (Wildman–Crippen LogP) is 4.36. The van der Waals surface area contributed by atoms with Crippen LogP contribution >= 0.6 is 0 Å². The Bertz CT molecular complexity index is 986. The van der Waals surface area contributed by atoms with Crippen LogP contribution in [0.2, 0.25) is 0 Å². The van der Waals surface area contributed by atoms with Gasteiger partial charge >= 0.3 is 0 Å². The Morgan fingerprint density at radius 2 is 1.84 bits per heavy atom. The van der Waals surface area contributed by atoms with E-state index in [9.17, 15) is 9.90 Å². The van der Waals surface area contributed by atoms with E-state index in [4.69, 9.17) is 0 Å². The molecule has 5 rings (SSSR count). The van der Waals surface area contributed by atoms with Crippen molar-refractivity contribution in [1.29, 1.82) is 0 Å². The third kappa shape index (κ3) is 3.18. The van der Waals surface area contributed by atoms with Crippen LogP contribution in [0.25, 0.3) is 0 Å². The van der Waals surface area contributed by atoms with Crippen LogP contribution in [0.15, 0.2) is 48.5 Å². The van der Waals surface area contributed by atoms with E-state index in [1.165, 1.54) is 11.1 Å². The van der Waals surface area contributed by atoms with Crippen LogP contribution in [0.5, 0.6) is 5.75 Å². The predicted molar refractivity (Wildman–Crippen MR) is 123 cm³/mol. The van der Waals surface area contributed by atoms with Crippen LogP contribution in [0, 0.1) is 11.3 Å². The first kappa shape index (κ1) is 20.6. The number of hydrogen-bond donors (Lipinski definition) is 1. The molecule has 2 heterocycles. The Balaban J connectivity index is 1.36. The van der Waals surface area contributed by atoms with Gasteiger partial charge in [0.15, 0.2) is 0 Å². The van der Waals surface area contributed by atoms with Crippen molar-refractivity contribution < 1.29 is 9.90 Å². The molecule has 1 amide bonds. The maximum absolute atomic E-state index is 13.7. The number of piperidine rings is 1. The molecule has 4 nitrogen and oxygen atoms in total. The van der Waals surface area contributed by atoms with Gasteiger partial charge in [0, 0.05) is 31.1 Å². The SMILES string of the molecule is CC1(C)[C@H]2Cc3c(O)cccc3[C@]1(C)CCN2C(=O)C1CCN(Cc2ccccc2)C1. The summed E-state index contributed by atoms with van der Waals surface area (Å²) in [7, 11) is 0. The quantitative estimate of drug-likeness (QED) is 0.806. The highest BCUT2D eigenvalue weighted by Crippen LogP contribution is 2.57. The summed E-state index contributed by atoms with van der Waals surface area (Å²) < 4.78 is 0. The Labute approximate surface area is 185 Å². The number of benzene rings is 2. The first-order chi connectivity index (χ1) is 14.8. The van der Waals surface area contributed by atoms with Crippen molar-refractivity contribution >= 4 is 5.91 Å². The summed E-state index contributed by atoms with van der Waals surface area (Å²) in [5.41, 5.74) is 3.56. The lowest BCUT2D eigenvalue weighted by Gasteiger charge is -2.61. The van der Waals surface area contributed by atoms with E-state index in [0.29, 0.717) is 11.7 Å². The molecular formula is C27H34N2O2. The normalized spacial score (nSPS) is 29.6. The van der Waals surface area contributed by atoms with Gasteiger partial charge < -0.3 is 10.0 Å². The van der Waals surface area contributed by atoms with Gasteiger partial charge in [-0.2, -0.15) is 0 Å². The average molecular weight is 419 g/mol. The van der Waals surface area contributed by atoms with Crippen LogP contribution < -0.4 is 0 Å². The number of likely N-dealkylation sites (tertiary alicyclic amines) is 2. The first-order valence-corrected chi connectivity index (χ1v) is 11.7. The standard InChI is InChI=1S/C27H34N2O2/c1-26(2)24-16-21-22(10-7-11-23(21)30)27(26,3)13-15-29(24)25(31)20-12-14-28(18-20)17-19-8-5-4-6-9-19/h4-11,20,24,30H,12-18H2,1-3H3/t20?,24-,27+/m1/s1. The molecule has 0 spiro atoms. The third-order valence-electron chi connectivity index (χ3n) is 8.78. The highest BCUT2D eigenvalue weighted by atomic mass is 16.3. The number of carbonyl (C=O) groups is 1. The lowest BCUT2D eigenvalue weighted by Crippen LogP contribution is -2.65. The zero-order chi connectivity index (χ0) is 21.8. The summed E-state index contributed by atoms with van der Waals surface area (Å²) in [5.74, 6) is 0.776. The van der Waals surface area contributed by atoms with E-state index in [1.807, 2.05) is 12.1 Å². The molecule has 2 saturated heterocycles. The molecule has 2 bridgehead atoms. The van der Waals surface area contributed by atoms with E-state index in [1.54, 1.807) is 6.07 Å². The van der Waals surface area contributed by atoms with Crippen LogP contribution in [0.3, 0.4) is 0 Å². The van der Waals surface area contributed by atoms with Crippen molar-refractivity contribution in [3.63, 3.8) is 0 Å². The number of aromatic hydroxyl groups is 1. The van der Waals surface area contributed by atoms with Crippen molar-refractivity contribution in [2.75, 3.05) is 19.6 Å². The second-order valence-corrected chi connectivity index (χ2v) is 10.6. The van der Waals surface area contributed by atoms with E-state index >= 15 is 0 Å². The lowest BCUT2D eigenvalue weighted by molar-refractivity contribution is -0.147. The van der Waals surface area contributed by atoms with E-state index < -0.39 is 0 Å². The number of phenols is 1. The summed E-state index contributed by atoms with van der Waals surface area (Å²) in [4.78, 5) is 18.3. The molecule has 2 aromatic carbocycles. The molecule has 164 valence electrons. The van der Waals surface area contributed by atoms with Crippen LogP contribution in [-0.2, 0) is 23.2 Å². The first-order valence-electron chi connectivity index (χ1n) is 11.7. The van der Waals surface area contributed by atoms with Crippen LogP contribution in [-0.4, -0.2) is 46.5 Å². The van der Waals surface area contributed by atoms with Gasteiger partial charge in [-0.3, -0.25) is 9.69 Å². The fourth-order valence-corrected chi connectivity index (χ4v) is 6.44. The average Bonchev–Trinajstić information content (AvgIpc) is 3.20. The van der Waals surface area contributed by atoms with Crippen molar-refractivity contribution in [2.45, 2.75) is 58.0 Å². The fourth-order valence-electron chi connectivity index (χ4n) is 6.44. The molecule has 2 fully saturated rings. The largest absolute Gasteiger partial charge is 0.508 e. The third-order valence-corrected chi connectivity index (χ3v) is 8.78. The molecule has 1 unspecified atom stereocenters. The Kier molecular flexibility index (Phi) is 4.89. The molecule has 4 heteroatoms. The van der Waals surface area contributed by atoms with Gasteiger partial charge in [-0.1, -0.05) is 63.2 Å². The van der Waals surface area contributed by atoms with Crippen molar-refractivity contribution in [2.24, 2.45) is 11.3 Å². The molecule has 31 heavy (non-hydrogen) atoms. The molecule has 2 aromatic rings. The zero-order valence-electron chi connectivity index (χ0n) is 19.0. The topological polar surface area (TPSA) is 43.8 Å². The molecule has 3 atom stereocenters. The molecule has 0 aromatic heterocycles. The minimum Gasteiger partial charge on any atom is -0.508 e. The summed E-state index contributed by atoms with van der Waals surface area (Å²) in [6.07, 6.45) is 2.63. The highest BCUT2D eigenvalue weighted by molar-refractivity contribution is 5.80. The van der Waals surface area contributed by atoms with Gasteiger partial charge in [-0.15, -0.1) is 0 Å². The van der Waals surface area contributed by atoms with E-state index in [-0.39, 0.29) is 22.8 Å². The van der Waals surface area contributed by atoms with Gasteiger partial charge in [0.1, 0.15) is 5.75 Å². The minimum atomic E-state index is -0.0377. The number of fused-ring (bicyclic) bond motifs is 4. The van der Waals surface area contributed by atoms with Crippen LogP contribution in [0.4, 0.5) is 0 Å². The molecule has 3 aliphatic rings. The number of nitrogens with zero attached hydrogens (tertiary/aromatic N) is 2. The number of amides is 1. The molecule has 0 radical (unpaired) electrons. The number of phenolic OH excluding ortho intramolecular Hbond substituents is 1. The van der Waals surface area contributed by atoms with Crippen molar-refractivity contribution in [1.82, 2.24) is 9.80 Å². The smallest absolute Gasteiger partial charge is 0.227 e. The summed E-state index contributed by atoms with van der Waals surface area (Å²) in [6, 6.07) is 16.6. The molecule has 1 aliphatic carbocycles. The summed E-state index contributed by atoms with van der Waals surface area (Å²) in [6.45, 7) is 10.5. The lowest BCUT2D eigenvalue weighted by atomic mass is 9.51. The summed E-state index contributed by atoms with van der Waals surface area (Å²) in [5, 5.41) is 10.6. The maximum atomic E-state index is 13.7. The number of hydrogen-bond acceptors (Lipinski definition) is 3.